The maximum absolute atomic E-state index is 13.4. The lowest BCUT2D eigenvalue weighted by molar-refractivity contribution is -0.0142. The highest BCUT2D eigenvalue weighted by molar-refractivity contribution is 5.37. The molecule has 1 saturated heterocycles. The molecule has 3 nitrogen and oxygen atoms in total. The number of halogens is 2. The summed E-state index contributed by atoms with van der Waals surface area (Å²) in [6.07, 6.45) is 2.59. The maximum atomic E-state index is 13.4. The Bertz CT molecular complexity index is 649. The number of hydrogen-bond acceptors (Lipinski definition) is 3. The molecule has 0 amide bonds. The molecule has 0 bridgehead atoms. The van der Waals surface area contributed by atoms with Crippen molar-refractivity contribution >= 4 is 0 Å². The van der Waals surface area contributed by atoms with Crippen LogP contribution in [0.5, 0.6) is 0 Å². The second-order valence-electron chi connectivity index (χ2n) is 7.04. The third-order valence-corrected chi connectivity index (χ3v) is 5.43. The van der Waals surface area contributed by atoms with E-state index >= 15 is 0 Å². The van der Waals surface area contributed by atoms with Crippen LogP contribution in [-0.4, -0.2) is 36.2 Å². The predicted octanol–water partition coefficient (Wildman–Crippen LogP) is 3.26. The average molecular weight is 360 g/mol. The van der Waals surface area contributed by atoms with Gasteiger partial charge in [0.15, 0.2) is 0 Å². The third kappa shape index (κ3) is 3.95. The molecule has 3 N–H and O–H groups in total. The summed E-state index contributed by atoms with van der Waals surface area (Å²) in [5.41, 5.74) is 5.62. The van der Waals surface area contributed by atoms with Gasteiger partial charge in [0.1, 0.15) is 17.2 Å². The largest absolute Gasteiger partial charge is 0.380 e. The smallest absolute Gasteiger partial charge is 0.123 e. The van der Waals surface area contributed by atoms with E-state index in [0.29, 0.717) is 17.7 Å². The van der Waals surface area contributed by atoms with Crippen molar-refractivity contribution in [1.29, 1.82) is 0 Å². The van der Waals surface area contributed by atoms with E-state index in [1.54, 1.807) is 24.3 Å². The van der Waals surface area contributed by atoms with Crippen molar-refractivity contribution < 1.29 is 13.9 Å². The summed E-state index contributed by atoms with van der Waals surface area (Å²) in [6, 6.07) is 11.9. The van der Waals surface area contributed by atoms with E-state index in [-0.39, 0.29) is 17.6 Å². The van der Waals surface area contributed by atoms with E-state index in [1.807, 2.05) is 0 Å². The maximum Gasteiger partial charge on any atom is 0.123 e. The lowest BCUT2D eigenvalue weighted by Crippen LogP contribution is -2.44. The van der Waals surface area contributed by atoms with Gasteiger partial charge in [0.2, 0.25) is 0 Å². The molecule has 140 valence electrons. The number of nitrogens with two attached hydrogens (primary N) is 1. The van der Waals surface area contributed by atoms with E-state index in [1.165, 1.54) is 24.3 Å². The van der Waals surface area contributed by atoms with E-state index in [0.717, 1.165) is 38.9 Å². The summed E-state index contributed by atoms with van der Waals surface area (Å²) in [4.78, 5) is 2.36. The van der Waals surface area contributed by atoms with Gasteiger partial charge in [-0.2, -0.15) is 0 Å². The molecule has 0 aromatic heterocycles. The Kier molecular flexibility index (Phi) is 6.01. The summed E-state index contributed by atoms with van der Waals surface area (Å²) in [5, 5.41) is 11.7. The zero-order chi connectivity index (χ0) is 18.6. The minimum atomic E-state index is -1.26. The van der Waals surface area contributed by atoms with Crippen LogP contribution in [-0.2, 0) is 5.60 Å². The predicted molar refractivity (Wildman–Crippen MR) is 98.6 cm³/mol. The van der Waals surface area contributed by atoms with Gasteiger partial charge in [-0.1, -0.05) is 24.3 Å². The monoisotopic (exact) mass is 360 g/mol. The molecular formula is C21H26F2N2O. The molecule has 2 aromatic rings. The minimum absolute atomic E-state index is 0.0208. The van der Waals surface area contributed by atoms with Crippen LogP contribution in [0.15, 0.2) is 48.5 Å². The lowest BCUT2D eigenvalue weighted by Gasteiger charge is -2.42. The first-order chi connectivity index (χ1) is 12.5. The van der Waals surface area contributed by atoms with Gasteiger partial charge in [-0.15, -0.1) is 0 Å². The average Bonchev–Trinajstić information content (AvgIpc) is 2.67. The quantitative estimate of drug-likeness (QED) is 0.831. The van der Waals surface area contributed by atoms with E-state index in [2.05, 4.69) is 4.90 Å². The minimum Gasteiger partial charge on any atom is -0.380 e. The fourth-order valence-corrected chi connectivity index (χ4v) is 3.94. The first-order valence-electron chi connectivity index (χ1n) is 9.21. The van der Waals surface area contributed by atoms with Crippen LogP contribution in [0.2, 0.25) is 0 Å². The second-order valence-corrected chi connectivity index (χ2v) is 7.04. The van der Waals surface area contributed by atoms with Gasteiger partial charge < -0.3 is 15.7 Å². The molecule has 0 aliphatic carbocycles. The third-order valence-electron chi connectivity index (χ3n) is 5.43. The summed E-state index contributed by atoms with van der Waals surface area (Å²) >= 11 is 0. The molecule has 2 aromatic carbocycles. The highest BCUT2D eigenvalue weighted by Crippen LogP contribution is 2.42. The molecule has 1 heterocycles. The van der Waals surface area contributed by atoms with Gasteiger partial charge in [-0.3, -0.25) is 0 Å². The van der Waals surface area contributed by atoms with Gasteiger partial charge in [-0.25, -0.2) is 8.78 Å². The SMILES string of the molecule is NCCCN1CCC(C(O)(c2ccc(F)cc2)c2ccc(F)cc2)CC1. The Morgan fingerprint density at radius 3 is 1.81 bits per heavy atom. The van der Waals surface area contributed by atoms with Crippen LogP contribution < -0.4 is 5.73 Å². The van der Waals surface area contributed by atoms with Crippen molar-refractivity contribution in [2.24, 2.45) is 11.7 Å². The Labute approximate surface area is 153 Å². The zero-order valence-electron chi connectivity index (χ0n) is 14.9. The Balaban J connectivity index is 1.89. The summed E-state index contributed by atoms with van der Waals surface area (Å²) in [6.45, 7) is 3.41. The highest BCUT2D eigenvalue weighted by Gasteiger charge is 2.41. The molecule has 1 fully saturated rings. The molecule has 1 aliphatic rings. The van der Waals surface area contributed by atoms with Crippen molar-refractivity contribution in [1.82, 2.24) is 4.90 Å². The van der Waals surface area contributed by atoms with Crippen LogP contribution in [0.25, 0.3) is 0 Å². The number of nitrogens with zero attached hydrogens (tertiary/aromatic N) is 1. The molecule has 1 aliphatic heterocycles. The second kappa shape index (κ2) is 8.25. The lowest BCUT2D eigenvalue weighted by atomic mass is 9.72. The van der Waals surface area contributed by atoms with E-state index in [9.17, 15) is 13.9 Å². The Morgan fingerprint density at radius 2 is 1.38 bits per heavy atom. The number of likely N-dealkylation sites (tertiary alicyclic amines) is 1. The van der Waals surface area contributed by atoms with Crippen LogP contribution in [0, 0.1) is 17.6 Å². The van der Waals surface area contributed by atoms with E-state index in [4.69, 9.17) is 5.73 Å². The van der Waals surface area contributed by atoms with Gasteiger partial charge in [0, 0.05) is 0 Å². The summed E-state index contributed by atoms with van der Waals surface area (Å²) in [7, 11) is 0. The standard InChI is InChI=1S/C21H26F2N2O/c22-19-6-2-16(3-7-19)21(26,17-4-8-20(23)9-5-17)18-10-14-25(15-11-18)13-1-12-24/h2-9,18,26H,1,10-15,24H2. The molecule has 0 unspecified atom stereocenters. The Hall–Kier alpha value is -1.82. The van der Waals surface area contributed by atoms with Gasteiger partial charge in [0.05, 0.1) is 0 Å². The van der Waals surface area contributed by atoms with Crippen LogP contribution in [0.1, 0.15) is 30.4 Å². The summed E-state index contributed by atoms with van der Waals surface area (Å²) < 4.78 is 26.8. The molecule has 3 rings (SSSR count). The molecule has 0 saturated carbocycles. The molecule has 0 radical (unpaired) electrons. The van der Waals surface area contributed by atoms with Crippen molar-refractivity contribution in [2.45, 2.75) is 24.9 Å². The normalized spacial score (nSPS) is 16.8. The van der Waals surface area contributed by atoms with Gasteiger partial charge >= 0.3 is 0 Å². The zero-order valence-corrected chi connectivity index (χ0v) is 14.9. The molecular weight excluding hydrogens is 334 g/mol. The topological polar surface area (TPSA) is 49.5 Å². The molecule has 0 atom stereocenters. The molecule has 5 heteroatoms. The van der Waals surface area contributed by atoms with Crippen molar-refractivity contribution in [3.05, 3.63) is 71.3 Å². The van der Waals surface area contributed by atoms with Crippen molar-refractivity contribution in [2.75, 3.05) is 26.2 Å². The van der Waals surface area contributed by atoms with Crippen LogP contribution >= 0.6 is 0 Å². The van der Waals surface area contributed by atoms with Crippen LogP contribution in [0.4, 0.5) is 8.78 Å². The number of benzene rings is 2. The first-order valence-corrected chi connectivity index (χ1v) is 9.21. The fraction of sp³-hybridized carbons (Fsp3) is 0.429. The first kappa shape index (κ1) is 19.0. The van der Waals surface area contributed by atoms with Crippen LogP contribution in [0.3, 0.4) is 0 Å². The van der Waals surface area contributed by atoms with Gasteiger partial charge in [0.25, 0.3) is 0 Å². The molecule has 0 spiro atoms. The highest BCUT2D eigenvalue weighted by atomic mass is 19.1. The number of aliphatic hydroxyl groups is 1. The summed E-state index contributed by atoms with van der Waals surface area (Å²) in [5.74, 6) is -0.703. The number of piperidine rings is 1. The number of hydrogen-bond donors (Lipinski definition) is 2. The van der Waals surface area contributed by atoms with E-state index < -0.39 is 5.60 Å². The van der Waals surface area contributed by atoms with Crippen molar-refractivity contribution in [3.8, 4) is 0 Å². The fourth-order valence-electron chi connectivity index (χ4n) is 3.94. The Morgan fingerprint density at radius 1 is 0.923 bits per heavy atom. The van der Waals surface area contributed by atoms with Gasteiger partial charge in [-0.05, 0) is 86.8 Å². The molecule has 26 heavy (non-hydrogen) atoms. The van der Waals surface area contributed by atoms with Crippen molar-refractivity contribution in [3.63, 3.8) is 0 Å². The number of rotatable bonds is 6.